The Labute approximate surface area is 125 Å². The van der Waals surface area contributed by atoms with Crippen LogP contribution in [0.15, 0.2) is 0 Å². The van der Waals surface area contributed by atoms with E-state index in [0.29, 0.717) is 0 Å². The van der Waals surface area contributed by atoms with E-state index in [-0.39, 0.29) is 13.0 Å². The molecule has 1 amide bonds. The third-order valence-corrected chi connectivity index (χ3v) is 4.09. The molecule has 0 spiro atoms. The molecule has 22 heavy (non-hydrogen) atoms. The van der Waals surface area contributed by atoms with Crippen LogP contribution in [0.1, 0.15) is 12.8 Å². The number of hydrogen-bond acceptors (Lipinski definition) is 7. The Balaban J connectivity index is 2.14. The van der Waals surface area contributed by atoms with Crippen LogP contribution in [0.3, 0.4) is 0 Å². The summed E-state index contributed by atoms with van der Waals surface area (Å²) >= 11 is 0. The van der Waals surface area contributed by atoms with Gasteiger partial charge in [0, 0.05) is 13.0 Å². The number of hydrogen-bond donors (Lipinski definition) is 5. The molecule has 0 radical (unpaired) electrons. The SMILES string of the molecule is NC1CCN(CC(F)(F)[C@@]2(O)CC(O)C(O)C(CO)O2)C1=O. The molecule has 128 valence electrons. The van der Waals surface area contributed by atoms with Crippen molar-refractivity contribution in [3.8, 4) is 0 Å². The quantitative estimate of drug-likeness (QED) is 0.381. The highest BCUT2D eigenvalue weighted by atomic mass is 19.3. The Morgan fingerprint density at radius 3 is 2.59 bits per heavy atom. The van der Waals surface area contributed by atoms with E-state index in [1.165, 1.54) is 0 Å². The van der Waals surface area contributed by atoms with Gasteiger partial charge in [0.05, 0.1) is 25.3 Å². The van der Waals surface area contributed by atoms with Gasteiger partial charge in [-0.1, -0.05) is 0 Å². The molecule has 4 unspecified atom stereocenters. The van der Waals surface area contributed by atoms with Gasteiger partial charge in [-0.05, 0) is 6.42 Å². The molecule has 0 aliphatic carbocycles. The van der Waals surface area contributed by atoms with Crippen molar-refractivity contribution in [1.82, 2.24) is 4.90 Å². The second-order valence-corrected chi connectivity index (χ2v) is 5.74. The van der Waals surface area contributed by atoms with Crippen LogP contribution >= 0.6 is 0 Å². The molecule has 0 aromatic rings. The van der Waals surface area contributed by atoms with Gasteiger partial charge in [-0.3, -0.25) is 4.79 Å². The van der Waals surface area contributed by atoms with Crippen LogP contribution in [0.25, 0.3) is 0 Å². The fourth-order valence-corrected chi connectivity index (χ4v) is 2.68. The number of ether oxygens (including phenoxy) is 1. The molecule has 2 aliphatic rings. The molecule has 2 aliphatic heterocycles. The van der Waals surface area contributed by atoms with Crippen molar-refractivity contribution in [3.05, 3.63) is 0 Å². The maximum atomic E-state index is 14.4. The second-order valence-electron chi connectivity index (χ2n) is 5.74. The van der Waals surface area contributed by atoms with Gasteiger partial charge in [-0.2, -0.15) is 8.78 Å². The first-order valence-corrected chi connectivity index (χ1v) is 6.90. The largest absolute Gasteiger partial charge is 0.394 e. The number of halogens is 2. The Morgan fingerprint density at radius 1 is 1.45 bits per heavy atom. The predicted octanol–water partition coefficient (Wildman–Crippen LogP) is -2.63. The zero-order valence-electron chi connectivity index (χ0n) is 11.7. The van der Waals surface area contributed by atoms with Gasteiger partial charge in [-0.15, -0.1) is 0 Å². The lowest BCUT2D eigenvalue weighted by Gasteiger charge is -2.45. The van der Waals surface area contributed by atoms with Crippen molar-refractivity contribution in [2.24, 2.45) is 5.73 Å². The van der Waals surface area contributed by atoms with E-state index >= 15 is 0 Å². The van der Waals surface area contributed by atoms with E-state index in [2.05, 4.69) is 0 Å². The van der Waals surface area contributed by atoms with E-state index in [1.807, 2.05) is 0 Å². The Hall–Kier alpha value is -0.910. The van der Waals surface area contributed by atoms with Crippen LogP contribution < -0.4 is 5.73 Å². The van der Waals surface area contributed by atoms with Gasteiger partial charge in [-0.25, -0.2) is 0 Å². The van der Waals surface area contributed by atoms with Gasteiger partial charge >= 0.3 is 5.92 Å². The fraction of sp³-hybridized carbons (Fsp3) is 0.917. The highest BCUT2D eigenvalue weighted by Gasteiger charge is 2.61. The normalized spacial score (nSPS) is 40.3. The second kappa shape index (κ2) is 5.95. The molecule has 0 bridgehead atoms. The van der Waals surface area contributed by atoms with Crippen molar-refractivity contribution in [2.75, 3.05) is 19.7 Å². The van der Waals surface area contributed by atoms with E-state index in [4.69, 9.17) is 15.6 Å². The summed E-state index contributed by atoms with van der Waals surface area (Å²) in [6, 6.07) is -0.852. The molecule has 0 aromatic carbocycles. The van der Waals surface area contributed by atoms with Gasteiger partial charge in [0.15, 0.2) is 0 Å². The molecule has 6 N–H and O–H groups in total. The number of likely N-dealkylation sites (tertiary alicyclic amines) is 1. The number of carbonyl (C=O) groups excluding carboxylic acids is 1. The third kappa shape index (κ3) is 2.94. The number of rotatable bonds is 4. The molecule has 2 heterocycles. The zero-order chi connectivity index (χ0) is 16.7. The lowest BCUT2D eigenvalue weighted by atomic mass is 9.91. The summed E-state index contributed by atoms with van der Waals surface area (Å²) in [4.78, 5) is 12.4. The monoisotopic (exact) mass is 326 g/mol. The molecule has 10 heteroatoms. The van der Waals surface area contributed by atoms with Crippen LogP contribution in [-0.2, 0) is 9.53 Å². The zero-order valence-corrected chi connectivity index (χ0v) is 11.7. The van der Waals surface area contributed by atoms with Gasteiger partial charge < -0.3 is 35.8 Å². The van der Waals surface area contributed by atoms with Crippen LogP contribution in [0.2, 0.25) is 0 Å². The summed E-state index contributed by atoms with van der Waals surface area (Å²) in [6.45, 7) is -1.96. The Kier molecular flexibility index (Phi) is 4.71. The number of alkyl halides is 2. The van der Waals surface area contributed by atoms with E-state index < -0.39 is 61.5 Å². The highest BCUT2D eigenvalue weighted by Crippen LogP contribution is 2.40. The molecule has 0 saturated carbocycles. The number of nitrogens with zero attached hydrogens (tertiary/aromatic N) is 1. The smallest absolute Gasteiger partial charge is 0.317 e. The lowest BCUT2D eigenvalue weighted by molar-refractivity contribution is -0.377. The first-order valence-electron chi connectivity index (χ1n) is 6.90. The molecular formula is C12H20F2N2O6. The maximum absolute atomic E-state index is 14.4. The van der Waals surface area contributed by atoms with E-state index in [0.717, 1.165) is 4.90 Å². The molecule has 2 rings (SSSR count). The predicted molar refractivity (Wildman–Crippen MR) is 67.7 cm³/mol. The number of aliphatic hydroxyl groups excluding tert-OH is 3. The summed E-state index contributed by atoms with van der Waals surface area (Å²) in [5, 5.41) is 38.2. The minimum atomic E-state index is -3.92. The minimum Gasteiger partial charge on any atom is -0.394 e. The highest BCUT2D eigenvalue weighted by molar-refractivity contribution is 5.83. The van der Waals surface area contributed by atoms with Crippen molar-refractivity contribution in [2.45, 2.75) is 48.9 Å². The van der Waals surface area contributed by atoms with Crippen LogP contribution in [0.5, 0.6) is 0 Å². The average Bonchev–Trinajstić information content (AvgIpc) is 2.74. The van der Waals surface area contributed by atoms with E-state index in [9.17, 15) is 28.9 Å². The molecular weight excluding hydrogens is 306 g/mol. The third-order valence-electron chi connectivity index (χ3n) is 4.09. The molecule has 0 aromatic heterocycles. The number of aliphatic hydroxyl groups is 4. The molecule has 5 atom stereocenters. The first kappa shape index (κ1) is 17.4. The summed E-state index contributed by atoms with van der Waals surface area (Å²) in [7, 11) is 0. The number of amides is 1. The van der Waals surface area contributed by atoms with Gasteiger partial charge in [0.2, 0.25) is 11.7 Å². The Bertz CT molecular complexity index is 440. The van der Waals surface area contributed by atoms with Crippen LogP contribution in [0, 0.1) is 0 Å². The van der Waals surface area contributed by atoms with Gasteiger partial charge in [0.1, 0.15) is 12.2 Å². The minimum absolute atomic E-state index is 0.0281. The summed E-state index contributed by atoms with van der Waals surface area (Å²) in [6.07, 6.45) is -5.57. The van der Waals surface area contributed by atoms with Crippen molar-refractivity contribution >= 4 is 5.91 Å². The Morgan fingerprint density at radius 2 is 2.09 bits per heavy atom. The first-order chi connectivity index (χ1) is 10.1. The summed E-state index contributed by atoms with van der Waals surface area (Å²) < 4.78 is 33.5. The molecule has 2 fully saturated rings. The summed E-state index contributed by atoms with van der Waals surface area (Å²) in [5.74, 6) is -7.67. The topological polar surface area (TPSA) is 136 Å². The van der Waals surface area contributed by atoms with E-state index in [1.54, 1.807) is 0 Å². The number of nitrogens with two attached hydrogens (primary N) is 1. The van der Waals surface area contributed by atoms with Crippen LogP contribution in [-0.4, -0.2) is 87.0 Å². The lowest BCUT2D eigenvalue weighted by Crippen LogP contribution is -2.65. The van der Waals surface area contributed by atoms with Gasteiger partial charge in [0.25, 0.3) is 0 Å². The number of carbonyl (C=O) groups is 1. The maximum Gasteiger partial charge on any atom is 0.317 e. The summed E-state index contributed by atoms with van der Waals surface area (Å²) in [5.41, 5.74) is 5.45. The fourth-order valence-electron chi connectivity index (χ4n) is 2.68. The molecule has 8 nitrogen and oxygen atoms in total. The van der Waals surface area contributed by atoms with Crippen molar-refractivity contribution < 1.29 is 38.7 Å². The average molecular weight is 326 g/mol. The molecule has 2 saturated heterocycles. The standard InChI is InChI=1S/C12H20F2N2O6/c13-11(14,5-16-2-1-6(15)10(16)20)12(21)3-7(18)9(19)8(4-17)22-12/h6-9,17-19,21H,1-5,15H2/t6?,7?,8?,9?,12-/m1/s1. The van der Waals surface area contributed by atoms with Crippen molar-refractivity contribution in [3.63, 3.8) is 0 Å². The van der Waals surface area contributed by atoms with Crippen LogP contribution in [0.4, 0.5) is 8.78 Å². The van der Waals surface area contributed by atoms with Crippen molar-refractivity contribution in [1.29, 1.82) is 0 Å².